The van der Waals surface area contributed by atoms with Crippen molar-refractivity contribution in [1.82, 2.24) is 5.06 Å². The molecule has 1 saturated heterocycles. The minimum Gasteiger partial charge on any atom is -0.481 e. The molecule has 18 heavy (non-hydrogen) atoms. The van der Waals surface area contributed by atoms with Crippen LogP contribution in [0.3, 0.4) is 0 Å². The number of hydrogen-bond donors (Lipinski definition) is 1. The molecule has 2 aliphatic rings. The number of amides is 1. The average molecular weight is 255 g/mol. The van der Waals surface area contributed by atoms with E-state index in [-0.39, 0.29) is 5.91 Å². The van der Waals surface area contributed by atoms with Crippen molar-refractivity contribution in [3.63, 3.8) is 0 Å². The summed E-state index contributed by atoms with van der Waals surface area (Å²) < 4.78 is 0. The normalized spacial score (nSPS) is 32.5. The number of carboxylic acid groups (broad SMARTS) is 1. The van der Waals surface area contributed by atoms with Crippen molar-refractivity contribution < 1.29 is 19.5 Å². The minimum absolute atomic E-state index is 0.127. The van der Waals surface area contributed by atoms with Gasteiger partial charge in [0, 0.05) is 6.54 Å². The monoisotopic (exact) mass is 255 g/mol. The summed E-state index contributed by atoms with van der Waals surface area (Å²) >= 11 is 0. The smallest absolute Gasteiger partial charge is 0.307 e. The first-order chi connectivity index (χ1) is 8.63. The van der Waals surface area contributed by atoms with Gasteiger partial charge in [0.25, 0.3) is 0 Å². The fraction of sp³-hybridized carbons (Fsp3) is 0.846. The maximum atomic E-state index is 12.3. The third kappa shape index (κ3) is 2.66. The van der Waals surface area contributed by atoms with Crippen molar-refractivity contribution in [2.45, 2.75) is 39.0 Å². The van der Waals surface area contributed by atoms with Gasteiger partial charge in [0.2, 0.25) is 5.91 Å². The molecule has 5 nitrogen and oxygen atoms in total. The zero-order valence-corrected chi connectivity index (χ0v) is 10.8. The molecule has 0 spiro atoms. The first-order valence-electron chi connectivity index (χ1n) is 6.80. The standard InChI is InChI=1S/C13H21NO4/c1-2-9-7-10(11(8-9)13(16)17)12(15)14-5-3-4-6-18-14/h9-11H,2-8H2,1H3,(H,16,17)/t9?,10-,11+/m0/s1. The van der Waals surface area contributed by atoms with Crippen LogP contribution in [0, 0.1) is 17.8 Å². The molecule has 1 N–H and O–H groups in total. The summed E-state index contributed by atoms with van der Waals surface area (Å²) in [6.07, 6.45) is 4.15. The van der Waals surface area contributed by atoms with Crippen molar-refractivity contribution in [2.24, 2.45) is 17.8 Å². The summed E-state index contributed by atoms with van der Waals surface area (Å²) in [7, 11) is 0. The second kappa shape index (κ2) is 5.69. The zero-order valence-electron chi connectivity index (χ0n) is 10.8. The van der Waals surface area contributed by atoms with Gasteiger partial charge >= 0.3 is 5.97 Å². The number of hydrogen-bond acceptors (Lipinski definition) is 3. The molecular formula is C13H21NO4. The van der Waals surface area contributed by atoms with Gasteiger partial charge in [-0.05, 0) is 31.6 Å². The minimum atomic E-state index is -0.846. The summed E-state index contributed by atoms with van der Waals surface area (Å²) in [4.78, 5) is 28.9. The Bertz CT molecular complexity index is 325. The highest BCUT2D eigenvalue weighted by Gasteiger charge is 2.44. The van der Waals surface area contributed by atoms with E-state index in [1.165, 1.54) is 5.06 Å². The van der Waals surface area contributed by atoms with Gasteiger partial charge in [-0.3, -0.25) is 14.4 Å². The summed E-state index contributed by atoms with van der Waals surface area (Å²) in [6.45, 7) is 3.21. The van der Waals surface area contributed by atoms with E-state index >= 15 is 0 Å². The Balaban J connectivity index is 2.04. The Labute approximate surface area is 107 Å². The molecule has 0 aromatic heterocycles. The molecule has 1 saturated carbocycles. The Morgan fingerprint density at radius 1 is 1.28 bits per heavy atom. The Morgan fingerprint density at radius 2 is 2.00 bits per heavy atom. The lowest BCUT2D eigenvalue weighted by molar-refractivity contribution is -0.203. The van der Waals surface area contributed by atoms with Gasteiger partial charge in [-0.1, -0.05) is 13.3 Å². The molecule has 1 aliphatic heterocycles. The SMILES string of the molecule is CCC1C[C@H](C(=O)N2CCCCO2)[C@H](C(=O)O)C1. The number of nitrogens with zero attached hydrogens (tertiary/aromatic N) is 1. The van der Waals surface area contributed by atoms with Gasteiger partial charge in [0.15, 0.2) is 0 Å². The fourth-order valence-corrected chi connectivity index (χ4v) is 2.98. The van der Waals surface area contributed by atoms with Crippen LogP contribution in [-0.4, -0.2) is 35.2 Å². The molecule has 0 bridgehead atoms. The summed E-state index contributed by atoms with van der Waals surface area (Å²) in [5, 5.41) is 10.6. The average Bonchev–Trinajstić information content (AvgIpc) is 2.83. The van der Waals surface area contributed by atoms with E-state index in [0.717, 1.165) is 19.3 Å². The van der Waals surface area contributed by atoms with Crippen molar-refractivity contribution >= 4 is 11.9 Å². The molecule has 1 amide bonds. The van der Waals surface area contributed by atoms with Crippen molar-refractivity contribution in [1.29, 1.82) is 0 Å². The number of rotatable bonds is 3. The zero-order chi connectivity index (χ0) is 13.1. The fourth-order valence-electron chi connectivity index (χ4n) is 2.98. The molecular weight excluding hydrogens is 234 g/mol. The van der Waals surface area contributed by atoms with Crippen molar-refractivity contribution in [3.8, 4) is 0 Å². The highest BCUT2D eigenvalue weighted by atomic mass is 16.7. The molecule has 2 rings (SSSR count). The van der Waals surface area contributed by atoms with Crippen LogP contribution in [0.5, 0.6) is 0 Å². The summed E-state index contributed by atoms with van der Waals surface area (Å²) in [6, 6.07) is 0. The van der Waals surface area contributed by atoms with Crippen LogP contribution in [-0.2, 0) is 14.4 Å². The van der Waals surface area contributed by atoms with Gasteiger partial charge in [-0.25, -0.2) is 5.06 Å². The first-order valence-corrected chi connectivity index (χ1v) is 6.80. The van der Waals surface area contributed by atoms with Gasteiger partial charge in [-0.15, -0.1) is 0 Å². The van der Waals surface area contributed by atoms with E-state index in [2.05, 4.69) is 0 Å². The molecule has 0 aromatic carbocycles. The number of hydroxylamine groups is 2. The molecule has 2 fully saturated rings. The Hall–Kier alpha value is -1.10. The van der Waals surface area contributed by atoms with Crippen LogP contribution < -0.4 is 0 Å². The van der Waals surface area contributed by atoms with Gasteiger partial charge in [0.1, 0.15) is 0 Å². The summed E-state index contributed by atoms with van der Waals surface area (Å²) in [5.74, 6) is -1.55. The van der Waals surface area contributed by atoms with Crippen LogP contribution in [0.1, 0.15) is 39.0 Å². The van der Waals surface area contributed by atoms with Crippen LogP contribution >= 0.6 is 0 Å². The molecule has 1 heterocycles. The van der Waals surface area contributed by atoms with Gasteiger partial charge in [-0.2, -0.15) is 0 Å². The number of carbonyl (C=O) groups is 2. The van der Waals surface area contributed by atoms with Crippen LogP contribution in [0.15, 0.2) is 0 Å². The molecule has 0 aromatic rings. The van der Waals surface area contributed by atoms with Crippen molar-refractivity contribution in [3.05, 3.63) is 0 Å². The predicted octanol–water partition coefficient (Wildman–Crippen LogP) is 1.68. The maximum Gasteiger partial charge on any atom is 0.307 e. The second-order valence-electron chi connectivity index (χ2n) is 5.28. The van der Waals surface area contributed by atoms with Crippen molar-refractivity contribution in [2.75, 3.05) is 13.2 Å². The Morgan fingerprint density at radius 3 is 2.56 bits per heavy atom. The van der Waals surface area contributed by atoms with E-state index in [1.807, 2.05) is 6.92 Å². The number of carbonyl (C=O) groups excluding carboxylic acids is 1. The first kappa shape index (κ1) is 13.3. The molecule has 1 unspecified atom stereocenters. The lowest BCUT2D eigenvalue weighted by atomic mass is 9.95. The highest BCUT2D eigenvalue weighted by Crippen LogP contribution is 2.39. The number of carboxylic acids is 1. The topological polar surface area (TPSA) is 66.8 Å². The lowest BCUT2D eigenvalue weighted by Gasteiger charge is -2.29. The third-order valence-corrected chi connectivity index (χ3v) is 4.12. The van der Waals surface area contributed by atoms with E-state index in [4.69, 9.17) is 4.84 Å². The lowest BCUT2D eigenvalue weighted by Crippen LogP contribution is -2.41. The van der Waals surface area contributed by atoms with Crippen LogP contribution in [0.25, 0.3) is 0 Å². The van der Waals surface area contributed by atoms with E-state index in [9.17, 15) is 14.7 Å². The molecule has 102 valence electrons. The van der Waals surface area contributed by atoms with Gasteiger partial charge < -0.3 is 5.11 Å². The van der Waals surface area contributed by atoms with Crippen LogP contribution in [0.4, 0.5) is 0 Å². The molecule has 1 aliphatic carbocycles. The molecule has 0 radical (unpaired) electrons. The number of aliphatic carboxylic acids is 1. The largest absolute Gasteiger partial charge is 0.481 e. The van der Waals surface area contributed by atoms with Gasteiger partial charge in [0.05, 0.1) is 18.4 Å². The molecule has 5 heteroatoms. The van der Waals surface area contributed by atoms with E-state index in [0.29, 0.717) is 31.9 Å². The summed E-state index contributed by atoms with van der Waals surface area (Å²) in [5.41, 5.74) is 0. The van der Waals surface area contributed by atoms with E-state index < -0.39 is 17.8 Å². The second-order valence-corrected chi connectivity index (χ2v) is 5.28. The quantitative estimate of drug-likeness (QED) is 0.833. The maximum absolute atomic E-state index is 12.3. The van der Waals surface area contributed by atoms with Crippen LogP contribution in [0.2, 0.25) is 0 Å². The van der Waals surface area contributed by atoms with E-state index in [1.54, 1.807) is 0 Å². The third-order valence-electron chi connectivity index (χ3n) is 4.12. The Kier molecular flexibility index (Phi) is 4.22. The predicted molar refractivity (Wildman–Crippen MR) is 64.5 cm³/mol. The highest BCUT2D eigenvalue weighted by molar-refractivity contribution is 5.84. The molecule has 3 atom stereocenters.